The molecule has 1 N–H and O–H groups in total. The molecule has 1 unspecified atom stereocenters. The van der Waals surface area contributed by atoms with Crippen molar-refractivity contribution in [2.45, 2.75) is 77.7 Å². The SMILES string of the molecule is CCOC(=O)N1CCCC(N2CCC(C(=O)NCC3(C)CCCC3)CC2)CC1. The van der Waals surface area contributed by atoms with Gasteiger partial charge in [0.25, 0.3) is 0 Å². The molecular weight excluding hydrogens is 354 g/mol. The van der Waals surface area contributed by atoms with Crippen LogP contribution in [0.15, 0.2) is 0 Å². The van der Waals surface area contributed by atoms with Gasteiger partial charge in [-0.15, -0.1) is 0 Å². The van der Waals surface area contributed by atoms with Crippen LogP contribution in [0.25, 0.3) is 0 Å². The third-order valence-corrected chi connectivity index (χ3v) is 7.14. The average molecular weight is 394 g/mol. The molecule has 2 heterocycles. The minimum absolute atomic E-state index is 0.170. The van der Waals surface area contributed by atoms with Crippen molar-refractivity contribution >= 4 is 12.0 Å². The maximum Gasteiger partial charge on any atom is 0.409 e. The Hall–Kier alpha value is -1.30. The molecule has 28 heavy (non-hydrogen) atoms. The Labute approximate surface area is 170 Å². The largest absolute Gasteiger partial charge is 0.450 e. The lowest BCUT2D eigenvalue weighted by molar-refractivity contribution is -0.127. The number of nitrogens with zero attached hydrogens (tertiary/aromatic N) is 2. The van der Waals surface area contributed by atoms with Gasteiger partial charge in [0.1, 0.15) is 0 Å². The van der Waals surface area contributed by atoms with Crippen LogP contribution in [-0.2, 0) is 9.53 Å². The zero-order valence-electron chi connectivity index (χ0n) is 17.9. The van der Waals surface area contributed by atoms with E-state index in [0.717, 1.165) is 64.8 Å². The van der Waals surface area contributed by atoms with Crippen molar-refractivity contribution in [1.29, 1.82) is 0 Å². The lowest BCUT2D eigenvalue weighted by Crippen LogP contribution is -2.46. The number of carbonyl (C=O) groups is 2. The third-order valence-electron chi connectivity index (χ3n) is 7.14. The van der Waals surface area contributed by atoms with E-state index < -0.39 is 0 Å². The van der Waals surface area contributed by atoms with Crippen molar-refractivity contribution in [3.8, 4) is 0 Å². The molecule has 3 fully saturated rings. The molecule has 1 saturated carbocycles. The lowest BCUT2D eigenvalue weighted by Gasteiger charge is -2.37. The summed E-state index contributed by atoms with van der Waals surface area (Å²) in [5, 5.41) is 3.25. The first-order valence-electron chi connectivity index (χ1n) is 11.4. The summed E-state index contributed by atoms with van der Waals surface area (Å²) in [4.78, 5) is 29.0. The van der Waals surface area contributed by atoms with Crippen LogP contribution < -0.4 is 5.32 Å². The highest BCUT2D eigenvalue weighted by molar-refractivity contribution is 5.78. The van der Waals surface area contributed by atoms with Gasteiger partial charge >= 0.3 is 6.09 Å². The van der Waals surface area contributed by atoms with E-state index in [2.05, 4.69) is 17.1 Å². The molecule has 2 saturated heterocycles. The summed E-state index contributed by atoms with van der Waals surface area (Å²) in [6.07, 6.45) is 10.0. The number of rotatable bonds is 5. The molecule has 0 bridgehead atoms. The molecule has 0 spiro atoms. The smallest absolute Gasteiger partial charge is 0.409 e. The number of piperidine rings is 1. The van der Waals surface area contributed by atoms with Crippen LogP contribution in [0, 0.1) is 11.3 Å². The molecule has 160 valence electrons. The number of nitrogens with one attached hydrogen (secondary N) is 1. The molecule has 2 amide bonds. The van der Waals surface area contributed by atoms with Crippen molar-refractivity contribution in [3.05, 3.63) is 0 Å². The minimum atomic E-state index is -0.172. The lowest BCUT2D eigenvalue weighted by atomic mass is 9.88. The van der Waals surface area contributed by atoms with Crippen LogP contribution in [0.1, 0.15) is 71.6 Å². The molecule has 0 aromatic carbocycles. The Morgan fingerprint density at radius 1 is 1.00 bits per heavy atom. The van der Waals surface area contributed by atoms with Crippen LogP contribution in [0.4, 0.5) is 4.79 Å². The highest BCUT2D eigenvalue weighted by Crippen LogP contribution is 2.36. The van der Waals surface area contributed by atoms with Crippen LogP contribution >= 0.6 is 0 Å². The maximum absolute atomic E-state index is 12.6. The van der Waals surface area contributed by atoms with Gasteiger partial charge in [0, 0.05) is 31.6 Å². The van der Waals surface area contributed by atoms with Gasteiger partial charge in [0.15, 0.2) is 0 Å². The maximum atomic E-state index is 12.6. The van der Waals surface area contributed by atoms with Crippen molar-refractivity contribution in [2.75, 3.05) is 39.3 Å². The molecule has 2 aliphatic heterocycles. The molecule has 3 aliphatic rings. The molecule has 3 rings (SSSR count). The molecule has 0 radical (unpaired) electrons. The monoisotopic (exact) mass is 393 g/mol. The fraction of sp³-hybridized carbons (Fsp3) is 0.909. The average Bonchev–Trinajstić information content (AvgIpc) is 2.99. The van der Waals surface area contributed by atoms with E-state index in [1.807, 2.05) is 11.8 Å². The molecule has 0 aromatic rings. The number of carbonyl (C=O) groups excluding carboxylic acids is 2. The summed E-state index contributed by atoms with van der Waals surface area (Å²) in [6.45, 7) is 9.03. The molecule has 6 heteroatoms. The summed E-state index contributed by atoms with van der Waals surface area (Å²) in [6, 6.07) is 0.529. The van der Waals surface area contributed by atoms with Gasteiger partial charge in [-0.3, -0.25) is 4.79 Å². The van der Waals surface area contributed by atoms with Crippen molar-refractivity contribution in [3.63, 3.8) is 0 Å². The van der Waals surface area contributed by atoms with Crippen LogP contribution in [-0.4, -0.2) is 67.2 Å². The second-order valence-electron chi connectivity index (χ2n) is 9.32. The first kappa shape index (κ1) is 21.4. The van der Waals surface area contributed by atoms with E-state index in [1.165, 1.54) is 25.7 Å². The van der Waals surface area contributed by atoms with Gasteiger partial charge in [0.05, 0.1) is 6.61 Å². The Balaban J connectivity index is 1.39. The summed E-state index contributed by atoms with van der Waals surface area (Å²) in [5.41, 5.74) is 0.321. The zero-order chi connectivity index (χ0) is 20.0. The van der Waals surface area contributed by atoms with Gasteiger partial charge in [-0.25, -0.2) is 4.79 Å². The molecular formula is C22H39N3O3. The van der Waals surface area contributed by atoms with E-state index in [9.17, 15) is 9.59 Å². The van der Waals surface area contributed by atoms with Crippen LogP contribution in [0.3, 0.4) is 0 Å². The summed E-state index contributed by atoms with van der Waals surface area (Å²) in [5.74, 6) is 0.435. The van der Waals surface area contributed by atoms with Crippen LogP contribution in [0.2, 0.25) is 0 Å². The van der Waals surface area contributed by atoms with Gasteiger partial charge in [-0.05, 0) is 70.4 Å². The molecule has 1 aliphatic carbocycles. The summed E-state index contributed by atoms with van der Waals surface area (Å²) < 4.78 is 5.15. The van der Waals surface area contributed by atoms with E-state index in [0.29, 0.717) is 18.1 Å². The van der Waals surface area contributed by atoms with E-state index >= 15 is 0 Å². The Morgan fingerprint density at radius 3 is 2.39 bits per heavy atom. The van der Waals surface area contributed by atoms with Crippen molar-refractivity contribution in [2.24, 2.45) is 11.3 Å². The van der Waals surface area contributed by atoms with Crippen molar-refractivity contribution in [1.82, 2.24) is 15.1 Å². The molecule has 0 aromatic heterocycles. The predicted octanol–water partition coefficient (Wildman–Crippen LogP) is 3.41. The fourth-order valence-corrected chi connectivity index (χ4v) is 5.22. The quantitative estimate of drug-likeness (QED) is 0.778. The predicted molar refractivity (Wildman–Crippen MR) is 110 cm³/mol. The second kappa shape index (κ2) is 9.95. The third kappa shape index (κ3) is 5.62. The van der Waals surface area contributed by atoms with Gasteiger partial charge < -0.3 is 19.9 Å². The fourth-order valence-electron chi connectivity index (χ4n) is 5.22. The first-order chi connectivity index (χ1) is 13.5. The van der Waals surface area contributed by atoms with Gasteiger partial charge in [-0.2, -0.15) is 0 Å². The highest BCUT2D eigenvalue weighted by atomic mass is 16.6. The Bertz CT molecular complexity index is 525. The zero-order valence-corrected chi connectivity index (χ0v) is 17.9. The number of amides is 2. The number of hydrogen-bond donors (Lipinski definition) is 1. The molecule has 6 nitrogen and oxygen atoms in total. The normalized spacial score (nSPS) is 26.6. The second-order valence-corrected chi connectivity index (χ2v) is 9.32. The summed E-state index contributed by atoms with van der Waals surface area (Å²) >= 11 is 0. The topological polar surface area (TPSA) is 61.9 Å². The number of ether oxygens (including phenoxy) is 1. The summed E-state index contributed by atoms with van der Waals surface area (Å²) in [7, 11) is 0. The van der Waals surface area contributed by atoms with E-state index in [4.69, 9.17) is 4.74 Å². The molecule has 1 atom stereocenters. The number of hydrogen-bond acceptors (Lipinski definition) is 4. The standard InChI is InChI=1S/C22H39N3O3/c1-3-28-21(27)25-13-6-7-19(10-16-25)24-14-8-18(9-15-24)20(26)23-17-22(2)11-4-5-12-22/h18-19H,3-17H2,1-2H3,(H,23,26). The Kier molecular flexibility index (Phi) is 7.61. The van der Waals surface area contributed by atoms with E-state index in [1.54, 1.807) is 0 Å². The van der Waals surface area contributed by atoms with Crippen LogP contribution in [0.5, 0.6) is 0 Å². The first-order valence-corrected chi connectivity index (χ1v) is 11.4. The van der Waals surface area contributed by atoms with Crippen molar-refractivity contribution < 1.29 is 14.3 Å². The van der Waals surface area contributed by atoms with E-state index in [-0.39, 0.29) is 17.9 Å². The van der Waals surface area contributed by atoms with Gasteiger partial charge in [0.2, 0.25) is 5.91 Å². The minimum Gasteiger partial charge on any atom is -0.450 e. The number of likely N-dealkylation sites (tertiary alicyclic amines) is 2. The highest BCUT2D eigenvalue weighted by Gasteiger charge is 2.33. The van der Waals surface area contributed by atoms with Gasteiger partial charge in [-0.1, -0.05) is 19.8 Å². The Morgan fingerprint density at radius 2 is 1.71 bits per heavy atom.